The molecular weight excluding hydrogens is 232 g/mol. The van der Waals surface area contributed by atoms with Crippen LogP contribution in [-0.2, 0) is 14.3 Å². The third-order valence-corrected chi connectivity index (χ3v) is 2.89. The van der Waals surface area contributed by atoms with Crippen LogP contribution in [0, 0.1) is 0 Å². The summed E-state index contributed by atoms with van der Waals surface area (Å²) in [6.45, 7) is 6.62. The van der Waals surface area contributed by atoms with Crippen LogP contribution in [-0.4, -0.2) is 51.5 Å². The summed E-state index contributed by atoms with van der Waals surface area (Å²) >= 11 is 0. The Labute approximate surface area is 110 Å². The fourth-order valence-corrected chi connectivity index (χ4v) is 1.86. The SMILES string of the molecule is CCNCCC(=O)NCCCOCC1CCCO1. The molecule has 0 aliphatic carbocycles. The van der Waals surface area contributed by atoms with Crippen molar-refractivity contribution < 1.29 is 14.3 Å². The molecule has 1 saturated heterocycles. The van der Waals surface area contributed by atoms with Crippen molar-refractivity contribution in [2.75, 3.05) is 39.5 Å². The van der Waals surface area contributed by atoms with Crippen LogP contribution in [0.25, 0.3) is 0 Å². The largest absolute Gasteiger partial charge is 0.379 e. The average Bonchev–Trinajstić information content (AvgIpc) is 2.87. The van der Waals surface area contributed by atoms with Crippen molar-refractivity contribution in [3.63, 3.8) is 0 Å². The van der Waals surface area contributed by atoms with Crippen molar-refractivity contribution >= 4 is 5.91 Å². The van der Waals surface area contributed by atoms with Gasteiger partial charge in [0.05, 0.1) is 12.7 Å². The van der Waals surface area contributed by atoms with Crippen LogP contribution in [0.5, 0.6) is 0 Å². The minimum atomic E-state index is 0.107. The van der Waals surface area contributed by atoms with Gasteiger partial charge in [0, 0.05) is 32.7 Å². The van der Waals surface area contributed by atoms with E-state index in [1.54, 1.807) is 0 Å². The molecule has 1 heterocycles. The number of rotatable bonds is 10. The summed E-state index contributed by atoms with van der Waals surface area (Å²) in [4.78, 5) is 11.3. The second-order valence-electron chi connectivity index (χ2n) is 4.52. The Bertz CT molecular complexity index is 218. The zero-order chi connectivity index (χ0) is 13.1. The Hall–Kier alpha value is -0.650. The molecule has 1 fully saturated rings. The van der Waals surface area contributed by atoms with Gasteiger partial charge in [-0.2, -0.15) is 0 Å². The van der Waals surface area contributed by atoms with Crippen LogP contribution in [0.3, 0.4) is 0 Å². The van der Waals surface area contributed by atoms with E-state index in [0.717, 1.165) is 39.0 Å². The Morgan fingerprint density at radius 3 is 3.06 bits per heavy atom. The number of hydrogen-bond donors (Lipinski definition) is 2. The lowest BCUT2D eigenvalue weighted by Gasteiger charge is -2.10. The number of nitrogens with one attached hydrogen (secondary N) is 2. The molecule has 1 atom stereocenters. The van der Waals surface area contributed by atoms with Crippen molar-refractivity contribution in [1.29, 1.82) is 0 Å². The first-order chi connectivity index (χ1) is 8.83. The van der Waals surface area contributed by atoms with Crippen LogP contribution in [0.2, 0.25) is 0 Å². The highest BCUT2D eigenvalue weighted by atomic mass is 16.5. The molecule has 1 rings (SSSR count). The quantitative estimate of drug-likeness (QED) is 0.566. The first-order valence-corrected chi connectivity index (χ1v) is 6.99. The standard InChI is InChI=1S/C13H26N2O3/c1-2-14-8-6-13(16)15-7-4-9-17-11-12-5-3-10-18-12/h12,14H,2-11H2,1H3,(H,15,16). The highest BCUT2D eigenvalue weighted by Crippen LogP contribution is 2.11. The normalized spacial score (nSPS) is 19.1. The molecule has 106 valence electrons. The van der Waals surface area contributed by atoms with E-state index in [4.69, 9.17) is 9.47 Å². The molecule has 0 aromatic heterocycles. The van der Waals surface area contributed by atoms with E-state index in [2.05, 4.69) is 10.6 Å². The Morgan fingerprint density at radius 1 is 1.44 bits per heavy atom. The summed E-state index contributed by atoms with van der Waals surface area (Å²) in [6, 6.07) is 0. The maximum Gasteiger partial charge on any atom is 0.221 e. The summed E-state index contributed by atoms with van der Waals surface area (Å²) in [5, 5.41) is 6.00. The minimum Gasteiger partial charge on any atom is -0.379 e. The summed E-state index contributed by atoms with van der Waals surface area (Å²) in [5.74, 6) is 0.107. The Balaban J connectivity index is 1.81. The van der Waals surface area contributed by atoms with E-state index in [0.29, 0.717) is 32.3 Å². The van der Waals surface area contributed by atoms with Crippen molar-refractivity contribution in [3.8, 4) is 0 Å². The van der Waals surface area contributed by atoms with Gasteiger partial charge in [-0.05, 0) is 25.8 Å². The molecule has 5 heteroatoms. The van der Waals surface area contributed by atoms with Gasteiger partial charge in [-0.1, -0.05) is 6.92 Å². The molecule has 1 amide bonds. The predicted octanol–water partition coefficient (Wildman–Crippen LogP) is 0.688. The Morgan fingerprint density at radius 2 is 2.33 bits per heavy atom. The third kappa shape index (κ3) is 7.63. The smallest absolute Gasteiger partial charge is 0.221 e. The lowest BCUT2D eigenvalue weighted by Crippen LogP contribution is -2.29. The molecular formula is C13H26N2O3. The predicted molar refractivity (Wildman–Crippen MR) is 70.6 cm³/mol. The van der Waals surface area contributed by atoms with Crippen molar-refractivity contribution in [2.24, 2.45) is 0 Å². The first kappa shape index (κ1) is 15.4. The second kappa shape index (κ2) is 10.3. The molecule has 0 spiro atoms. The average molecular weight is 258 g/mol. The zero-order valence-corrected chi connectivity index (χ0v) is 11.4. The second-order valence-corrected chi connectivity index (χ2v) is 4.52. The minimum absolute atomic E-state index is 0.107. The van der Waals surface area contributed by atoms with Gasteiger partial charge in [0.25, 0.3) is 0 Å². The van der Waals surface area contributed by atoms with E-state index in [1.165, 1.54) is 0 Å². The van der Waals surface area contributed by atoms with Crippen LogP contribution in [0.1, 0.15) is 32.6 Å². The van der Waals surface area contributed by atoms with Crippen LogP contribution < -0.4 is 10.6 Å². The van der Waals surface area contributed by atoms with Gasteiger partial charge in [-0.15, -0.1) is 0 Å². The van der Waals surface area contributed by atoms with Crippen LogP contribution in [0.15, 0.2) is 0 Å². The molecule has 5 nitrogen and oxygen atoms in total. The molecule has 2 N–H and O–H groups in total. The van der Waals surface area contributed by atoms with Crippen molar-refractivity contribution in [2.45, 2.75) is 38.7 Å². The molecule has 1 aliphatic heterocycles. The van der Waals surface area contributed by atoms with Gasteiger partial charge in [0.1, 0.15) is 0 Å². The maximum atomic E-state index is 11.3. The van der Waals surface area contributed by atoms with Crippen molar-refractivity contribution in [1.82, 2.24) is 10.6 Å². The number of carbonyl (C=O) groups is 1. The highest BCUT2D eigenvalue weighted by molar-refractivity contribution is 5.75. The highest BCUT2D eigenvalue weighted by Gasteiger charge is 2.14. The molecule has 0 aromatic carbocycles. The fraction of sp³-hybridized carbons (Fsp3) is 0.923. The van der Waals surface area contributed by atoms with Gasteiger partial charge in [-0.25, -0.2) is 0 Å². The maximum absolute atomic E-state index is 11.3. The zero-order valence-electron chi connectivity index (χ0n) is 11.4. The lowest BCUT2D eigenvalue weighted by atomic mass is 10.2. The molecule has 0 aromatic rings. The Kier molecular flexibility index (Phi) is 8.81. The number of ether oxygens (including phenoxy) is 2. The summed E-state index contributed by atoms with van der Waals surface area (Å²) in [5.41, 5.74) is 0. The monoisotopic (exact) mass is 258 g/mol. The summed E-state index contributed by atoms with van der Waals surface area (Å²) in [6.07, 6.45) is 3.96. The molecule has 18 heavy (non-hydrogen) atoms. The van der Waals surface area contributed by atoms with Gasteiger partial charge < -0.3 is 20.1 Å². The molecule has 1 unspecified atom stereocenters. The van der Waals surface area contributed by atoms with Crippen LogP contribution >= 0.6 is 0 Å². The summed E-state index contributed by atoms with van der Waals surface area (Å²) < 4.78 is 11.0. The number of amides is 1. The molecule has 0 radical (unpaired) electrons. The van der Waals surface area contributed by atoms with E-state index in [-0.39, 0.29) is 5.91 Å². The van der Waals surface area contributed by atoms with Gasteiger partial charge in [-0.3, -0.25) is 4.79 Å². The first-order valence-electron chi connectivity index (χ1n) is 6.99. The van der Waals surface area contributed by atoms with E-state index in [1.807, 2.05) is 6.92 Å². The van der Waals surface area contributed by atoms with Crippen molar-refractivity contribution in [3.05, 3.63) is 0 Å². The fourth-order valence-electron chi connectivity index (χ4n) is 1.86. The van der Waals surface area contributed by atoms with Gasteiger partial charge in [0.2, 0.25) is 5.91 Å². The van der Waals surface area contributed by atoms with Gasteiger partial charge in [0.15, 0.2) is 0 Å². The van der Waals surface area contributed by atoms with E-state index >= 15 is 0 Å². The van der Waals surface area contributed by atoms with Crippen LogP contribution in [0.4, 0.5) is 0 Å². The molecule has 0 saturated carbocycles. The third-order valence-electron chi connectivity index (χ3n) is 2.89. The van der Waals surface area contributed by atoms with E-state index in [9.17, 15) is 4.79 Å². The number of carbonyl (C=O) groups excluding carboxylic acids is 1. The number of hydrogen-bond acceptors (Lipinski definition) is 4. The van der Waals surface area contributed by atoms with E-state index < -0.39 is 0 Å². The lowest BCUT2D eigenvalue weighted by molar-refractivity contribution is -0.121. The summed E-state index contributed by atoms with van der Waals surface area (Å²) in [7, 11) is 0. The van der Waals surface area contributed by atoms with Gasteiger partial charge >= 0.3 is 0 Å². The molecule has 1 aliphatic rings. The molecule has 0 bridgehead atoms. The topological polar surface area (TPSA) is 59.6 Å².